The first-order valence-corrected chi connectivity index (χ1v) is 11.9. The Morgan fingerprint density at radius 3 is 2.06 bits per heavy atom. The van der Waals surface area contributed by atoms with Crippen LogP contribution in [0.25, 0.3) is 0 Å². The van der Waals surface area contributed by atoms with Gasteiger partial charge < -0.3 is 26.0 Å². The van der Waals surface area contributed by atoms with Crippen molar-refractivity contribution in [2.75, 3.05) is 13.6 Å². The summed E-state index contributed by atoms with van der Waals surface area (Å²) in [7, 11) is 1.52. The number of benzene rings is 1. The molecule has 4 amide bonds. The smallest absolute Gasteiger partial charge is 0.408 e. The quantitative estimate of drug-likeness (QED) is 0.257. The molecule has 1 aromatic rings. The molecule has 0 aliphatic rings. The fraction of sp³-hybridized carbons (Fsp3) is 0.600. The van der Waals surface area contributed by atoms with Crippen molar-refractivity contribution in [1.82, 2.24) is 21.3 Å². The van der Waals surface area contributed by atoms with Crippen LogP contribution in [0.3, 0.4) is 0 Å². The molecule has 0 aromatic heterocycles. The third-order valence-corrected chi connectivity index (χ3v) is 5.47. The van der Waals surface area contributed by atoms with E-state index in [0.717, 1.165) is 5.56 Å². The summed E-state index contributed by atoms with van der Waals surface area (Å²) in [5, 5.41) is 10.4. The summed E-state index contributed by atoms with van der Waals surface area (Å²) in [6.07, 6.45) is 0.291. The van der Waals surface area contributed by atoms with Gasteiger partial charge in [0.2, 0.25) is 5.78 Å². The van der Waals surface area contributed by atoms with Gasteiger partial charge in [-0.15, -0.1) is 0 Å². The molecule has 0 saturated carbocycles. The SMILES string of the molecule is CNC(=O)NCCCC[C@H](NC(=O)OC(C(C)C)C(C)C)C(=O)C(=O)N[C@H](C)c1ccccc1. The van der Waals surface area contributed by atoms with Gasteiger partial charge in [0.25, 0.3) is 5.91 Å². The molecular weight excluding hydrogens is 436 g/mol. The Bertz CT molecular complexity index is 790. The molecule has 2 atom stereocenters. The number of rotatable bonds is 13. The van der Waals surface area contributed by atoms with Crippen LogP contribution in [0, 0.1) is 11.8 Å². The van der Waals surface area contributed by atoms with E-state index in [1.807, 2.05) is 58.0 Å². The maximum atomic E-state index is 13.0. The van der Waals surface area contributed by atoms with Crippen LogP contribution in [0.1, 0.15) is 65.5 Å². The highest BCUT2D eigenvalue weighted by Gasteiger charge is 2.30. The van der Waals surface area contributed by atoms with Crippen molar-refractivity contribution in [3.05, 3.63) is 35.9 Å². The fourth-order valence-electron chi connectivity index (χ4n) is 3.63. The molecular formula is C25H40N4O5. The molecule has 4 N–H and O–H groups in total. The van der Waals surface area contributed by atoms with E-state index in [1.165, 1.54) is 7.05 Å². The van der Waals surface area contributed by atoms with E-state index < -0.39 is 23.8 Å². The molecule has 0 radical (unpaired) electrons. The van der Waals surface area contributed by atoms with E-state index in [1.54, 1.807) is 6.92 Å². The van der Waals surface area contributed by atoms with Crippen LogP contribution in [0.15, 0.2) is 30.3 Å². The zero-order valence-corrected chi connectivity index (χ0v) is 21.1. The maximum absolute atomic E-state index is 13.0. The summed E-state index contributed by atoms with van der Waals surface area (Å²) < 4.78 is 5.56. The van der Waals surface area contributed by atoms with Crippen molar-refractivity contribution in [3.8, 4) is 0 Å². The number of nitrogens with one attached hydrogen (secondary N) is 4. The first kappa shape index (κ1) is 28.9. The molecule has 9 heteroatoms. The van der Waals surface area contributed by atoms with Crippen molar-refractivity contribution in [1.29, 1.82) is 0 Å². The standard InChI is InChI=1S/C25H40N4O5/c1-16(2)22(17(3)4)34-25(33)29-20(14-10-11-15-27-24(32)26-6)21(30)23(31)28-18(5)19-12-8-7-9-13-19/h7-9,12-13,16-18,20,22H,10-11,14-15H2,1-6H3,(H,28,31)(H,29,33)(H2,26,27,32)/t18-,20+/m1/s1. The van der Waals surface area contributed by atoms with Crippen molar-refractivity contribution in [2.24, 2.45) is 11.8 Å². The van der Waals surface area contributed by atoms with Crippen molar-refractivity contribution in [2.45, 2.75) is 72.1 Å². The van der Waals surface area contributed by atoms with Gasteiger partial charge in [-0.05, 0) is 43.6 Å². The summed E-state index contributed by atoms with van der Waals surface area (Å²) >= 11 is 0. The number of amides is 4. The van der Waals surface area contributed by atoms with E-state index in [-0.39, 0.29) is 36.4 Å². The Hall–Kier alpha value is -3.10. The number of ether oxygens (including phenoxy) is 1. The number of ketones is 1. The summed E-state index contributed by atoms with van der Waals surface area (Å²) in [5.74, 6) is -1.30. The van der Waals surface area contributed by atoms with E-state index in [0.29, 0.717) is 19.4 Å². The second-order valence-electron chi connectivity index (χ2n) is 9.03. The second kappa shape index (κ2) is 14.9. The van der Waals surface area contributed by atoms with Gasteiger partial charge in [0.15, 0.2) is 0 Å². The molecule has 1 aromatic carbocycles. The number of unbranched alkanes of at least 4 members (excludes halogenated alkanes) is 1. The molecule has 0 saturated heterocycles. The summed E-state index contributed by atoms with van der Waals surface area (Å²) in [6, 6.07) is 7.61. The number of hydrogen-bond acceptors (Lipinski definition) is 5. The lowest BCUT2D eigenvalue weighted by molar-refractivity contribution is -0.139. The first-order valence-electron chi connectivity index (χ1n) is 11.9. The predicted molar refractivity (Wildman–Crippen MR) is 131 cm³/mol. The molecule has 0 aliphatic carbocycles. The number of alkyl carbamates (subject to hydrolysis) is 1. The Morgan fingerprint density at radius 2 is 1.50 bits per heavy atom. The minimum Gasteiger partial charge on any atom is -0.446 e. The summed E-state index contributed by atoms with van der Waals surface area (Å²) in [6.45, 7) is 10.0. The van der Waals surface area contributed by atoms with E-state index in [9.17, 15) is 19.2 Å². The summed E-state index contributed by atoms with van der Waals surface area (Å²) in [5.41, 5.74) is 0.865. The van der Waals surface area contributed by atoms with Gasteiger partial charge >= 0.3 is 12.1 Å². The number of carbonyl (C=O) groups excluding carboxylic acids is 4. The van der Waals surface area contributed by atoms with Crippen molar-refractivity contribution < 1.29 is 23.9 Å². The van der Waals surface area contributed by atoms with Crippen LogP contribution in [-0.4, -0.2) is 49.6 Å². The van der Waals surface area contributed by atoms with Crippen LogP contribution in [-0.2, 0) is 14.3 Å². The fourth-order valence-corrected chi connectivity index (χ4v) is 3.63. The number of urea groups is 1. The first-order chi connectivity index (χ1) is 16.1. The molecule has 0 aliphatic heterocycles. The van der Waals surface area contributed by atoms with Gasteiger partial charge in [-0.2, -0.15) is 0 Å². The van der Waals surface area contributed by atoms with Gasteiger partial charge in [0.1, 0.15) is 12.1 Å². The van der Waals surface area contributed by atoms with Crippen molar-refractivity contribution in [3.63, 3.8) is 0 Å². The van der Waals surface area contributed by atoms with E-state index in [4.69, 9.17) is 4.74 Å². The zero-order valence-electron chi connectivity index (χ0n) is 21.1. The predicted octanol–water partition coefficient (Wildman–Crippen LogP) is 3.31. The number of carbonyl (C=O) groups is 4. The second-order valence-corrected chi connectivity index (χ2v) is 9.03. The maximum Gasteiger partial charge on any atom is 0.408 e. The van der Waals surface area contributed by atoms with Gasteiger partial charge in [-0.25, -0.2) is 9.59 Å². The van der Waals surface area contributed by atoms with E-state index >= 15 is 0 Å². The molecule has 0 bridgehead atoms. The lowest BCUT2D eigenvalue weighted by Crippen LogP contribution is -2.49. The number of hydrogen-bond donors (Lipinski definition) is 4. The average Bonchev–Trinajstić information content (AvgIpc) is 2.80. The molecule has 9 nitrogen and oxygen atoms in total. The van der Waals surface area contributed by atoms with Gasteiger partial charge in [-0.1, -0.05) is 58.0 Å². The molecule has 190 valence electrons. The third-order valence-electron chi connectivity index (χ3n) is 5.47. The van der Waals surface area contributed by atoms with Crippen LogP contribution < -0.4 is 21.3 Å². The minimum atomic E-state index is -1.03. The van der Waals surface area contributed by atoms with Crippen LogP contribution in [0.2, 0.25) is 0 Å². The molecule has 0 unspecified atom stereocenters. The Labute approximate surface area is 202 Å². The average molecular weight is 477 g/mol. The van der Waals surface area contributed by atoms with Crippen LogP contribution in [0.5, 0.6) is 0 Å². The third kappa shape index (κ3) is 10.2. The van der Waals surface area contributed by atoms with Crippen LogP contribution >= 0.6 is 0 Å². The Balaban J connectivity index is 2.81. The number of Topliss-reactive ketones (excluding diaryl/α,β-unsaturated/α-hetero) is 1. The highest BCUT2D eigenvalue weighted by molar-refractivity contribution is 6.38. The van der Waals surface area contributed by atoms with Crippen molar-refractivity contribution >= 4 is 23.8 Å². The van der Waals surface area contributed by atoms with E-state index in [2.05, 4.69) is 21.3 Å². The largest absolute Gasteiger partial charge is 0.446 e. The Morgan fingerprint density at radius 1 is 0.882 bits per heavy atom. The molecule has 1 rings (SSSR count). The van der Waals surface area contributed by atoms with Gasteiger partial charge in [-0.3, -0.25) is 9.59 Å². The minimum absolute atomic E-state index is 0.103. The summed E-state index contributed by atoms with van der Waals surface area (Å²) in [4.78, 5) is 49.5. The topological polar surface area (TPSA) is 126 Å². The van der Waals surface area contributed by atoms with Gasteiger partial charge in [0.05, 0.1) is 6.04 Å². The normalized spacial score (nSPS) is 12.7. The monoisotopic (exact) mass is 476 g/mol. The molecule has 0 spiro atoms. The Kier molecular flexibility index (Phi) is 12.7. The lowest BCUT2D eigenvalue weighted by Gasteiger charge is -2.26. The molecule has 0 fully saturated rings. The van der Waals surface area contributed by atoms with Crippen LogP contribution in [0.4, 0.5) is 9.59 Å². The lowest BCUT2D eigenvalue weighted by atomic mass is 9.96. The highest BCUT2D eigenvalue weighted by Crippen LogP contribution is 2.17. The highest BCUT2D eigenvalue weighted by atomic mass is 16.6. The van der Waals surface area contributed by atoms with Gasteiger partial charge in [0, 0.05) is 13.6 Å². The zero-order chi connectivity index (χ0) is 25.7. The molecule has 0 heterocycles. The molecule has 34 heavy (non-hydrogen) atoms.